The van der Waals surface area contributed by atoms with Crippen LogP contribution in [0.3, 0.4) is 0 Å². The monoisotopic (exact) mass is 352 g/mol. The third kappa shape index (κ3) is 2.33. The van der Waals surface area contributed by atoms with Crippen LogP contribution < -0.4 is 9.47 Å². The molecule has 1 atom stereocenters. The summed E-state index contributed by atoms with van der Waals surface area (Å²) in [5.74, 6) is 0.710. The van der Waals surface area contributed by atoms with Crippen LogP contribution in [0.25, 0.3) is 0 Å². The maximum Gasteiger partial charge on any atom is 0.263 e. The Hall–Kier alpha value is -3.02. The Kier molecular flexibility index (Phi) is 4.03. The van der Waals surface area contributed by atoms with Crippen LogP contribution in [0, 0.1) is 0 Å². The average Bonchev–Trinajstić information content (AvgIpc) is 2.99. The summed E-state index contributed by atoms with van der Waals surface area (Å²) in [6.45, 7) is 1.22. The number of nitrogens with zero attached hydrogens (tertiary/aromatic N) is 2. The first-order chi connectivity index (χ1) is 12.7. The van der Waals surface area contributed by atoms with Crippen molar-refractivity contribution in [3.63, 3.8) is 0 Å². The maximum atomic E-state index is 13.4. The molecule has 26 heavy (non-hydrogen) atoms. The fourth-order valence-corrected chi connectivity index (χ4v) is 3.86. The van der Waals surface area contributed by atoms with E-state index in [0.717, 1.165) is 12.0 Å². The molecular formula is C20H20N2O4. The largest absolute Gasteiger partial charge is 0.496 e. The Balaban J connectivity index is 1.79. The molecule has 6 nitrogen and oxygen atoms in total. The lowest BCUT2D eigenvalue weighted by Gasteiger charge is -2.40. The number of ether oxygens (including phenoxy) is 2. The number of amides is 2. The van der Waals surface area contributed by atoms with Crippen LogP contribution >= 0.6 is 0 Å². The summed E-state index contributed by atoms with van der Waals surface area (Å²) in [5.41, 5.74) is 1.93. The number of rotatable bonds is 3. The lowest BCUT2D eigenvalue weighted by molar-refractivity contribution is 0.0161. The van der Waals surface area contributed by atoms with Crippen molar-refractivity contribution < 1.29 is 19.1 Å². The second-order valence-electron chi connectivity index (χ2n) is 6.35. The van der Waals surface area contributed by atoms with Crippen molar-refractivity contribution in [2.45, 2.75) is 12.6 Å². The summed E-state index contributed by atoms with van der Waals surface area (Å²) < 4.78 is 10.8. The van der Waals surface area contributed by atoms with Crippen molar-refractivity contribution in [1.82, 2.24) is 9.80 Å². The minimum absolute atomic E-state index is 0.0184. The highest BCUT2D eigenvalue weighted by Crippen LogP contribution is 2.41. The first-order valence-electron chi connectivity index (χ1n) is 8.59. The van der Waals surface area contributed by atoms with Gasteiger partial charge in [0.25, 0.3) is 11.8 Å². The zero-order valence-electron chi connectivity index (χ0n) is 14.8. The highest BCUT2D eigenvalue weighted by Gasteiger charge is 2.44. The normalized spacial score (nSPS) is 18.4. The fourth-order valence-electron chi connectivity index (χ4n) is 3.86. The van der Waals surface area contributed by atoms with Gasteiger partial charge >= 0.3 is 0 Å². The van der Waals surface area contributed by atoms with Crippen molar-refractivity contribution in [2.24, 2.45) is 0 Å². The van der Waals surface area contributed by atoms with E-state index < -0.39 is 0 Å². The van der Waals surface area contributed by atoms with Gasteiger partial charge in [0.15, 0.2) is 0 Å². The van der Waals surface area contributed by atoms with Crippen LogP contribution in [0.1, 0.15) is 38.9 Å². The average molecular weight is 352 g/mol. The summed E-state index contributed by atoms with van der Waals surface area (Å²) >= 11 is 0. The molecule has 2 aliphatic rings. The number of hydrogen-bond acceptors (Lipinski definition) is 4. The molecule has 1 unspecified atom stereocenters. The van der Waals surface area contributed by atoms with E-state index in [4.69, 9.17) is 9.47 Å². The first-order valence-corrected chi connectivity index (χ1v) is 8.59. The molecule has 0 radical (unpaired) electrons. The molecule has 0 aromatic heterocycles. The zero-order chi connectivity index (χ0) is 18.3. The van der Waals surface area contributed by atoms with Gasteiger partial charge in [-0.15, -0.1) is 0 Å². The van der Waals surface area contributed by atoms with E-state index in [1.54, 1.807) is 28.0 Å². The van der Waals surface area contributed by atoms with Crippen molar-refractivity contribution in [3.8, 4) is 11.5 Å². The molecule has 2 aliphatic heterocycles. The Morgan fingerprint density at radius 1 is 1.00 bits per heavy atom. The standard InChI is InChI=1S/C20H20N2O4/c1-25-15-9-5-10-16(26-2)17(15)20(24)22-12-6-11-21-18(22)13-7-3-4-8-14(13)19(21)23/h3-5,7-10,18H,6,11-12H2,1-2H3. The molecule has 0 bridgehead atoms. The zero-order valence-corrected chi connectivity index (χ0v) is 14.8. The second-order valence-corrected chi connectivity index (χ2v) is 6.35. The first kappa shape index (κ1) is 16.4. The van der Waals surface area contributed by atoms with E-state index in [9.17, 15) is 9.59 Å². The molecule has 1 saturated heterocycles. The van der Waals surface area contributed by atoms with Crippen LogP contribution in [0.15, 0.2) is 42.5 Å². The van der Waals surface area contributed by atoms with Gasteiger partial charge in [0, 0.05) is 24.2 Å². The van der Waals surface area contributed by atoms with Gasteiger partial charge in [0.05, 0.1) is 14.2 Å². The quantitative estimate of drug-likeness (QED) is 0.852. The number of carbonyl (C=O) groups excluding carboxylic acids is 2. The van der Waals surface area contributed by atoms with E-state index in [1.165, 1.54) is 14.2 Å². The van der Waals surface area contributed by atoms with E-state index in [1.807, 2.05) is 24.3 Å². The third-order valence-electron chi connectivity index (χ3n) is 5.02. The Labute approximate surface area is 151 Å². The summed E-state index contributed by atoms with van der Waals surface area (Å²) in [5, 5.41) is 0. The summed E-state index contributed by atoms with van der Waals surface area (Å²) in [4.78, 5) is 29.7. The molecule has 0 spiro atoms. The topological polar surface area (TPSA) is 59.1 Å². The Morgan fingerprint density at radius 3 is 2.38 bits per heavy atom. The van der Waals surface area contributed by atoms with Gasteiger partial charge in [0.1, 0.15) is 23.2 Å². The molecule has 2 aromatic carbocycles. The Morgan fingerprint density at radius 2 is 1.69 bits per heavy atom. The van der Waals surface area contributed by atoms with E-state index >= 15 is 0 Å². The molecule has 2 amide bonds. The third-order valence-corrected chi connectivity index (χ3v) is 5.02. The maximum absolute atomic E-state index is 13.4. The van der Waals surface area contributed by atoms with Crippen molar-refractivity contribution >= 4 is 11.8 Å². The SMILES string of the molecule is COc1cccc(OC)c1C(=O)N1CCCN2C(=O)c3ccccc3C21. The van der Waals surface area contributed by atoms with Gasteiger partial charge in [-0.05, 0) is 24.6 Å². The van der Waals surface area contributed by atoms with E-state index in [2.05, 4.69) is 0 Å². The van der Waals surface area contributed by atoms with Crippen LogP contribution in [0.5, 0.6) is 11.5 Å². The molecule has 2 aromatic rings. The highest BCUT2D eigenvalue weighted by molar-refractivity contribution is 6.03. The van der Waals surface area contributed by atoms with Crippen LogP contribution in [0.4, 0.5) is 0 Å². The lowest BCUT2D eigenvalue weighted by Crippen LogP contribution is -2.48. The fraction of sp³-hybridized carbons (Fsp3) is 0.300. The van der Waals surface area contributed by atoms with Gasteiger partial charge in [-0.3, -0.25) is 9.59 Å². The number of hydrogen-bond donors (Lipinski definition) is 0. The van der Waals surface area contributed by atoms with Gasteiger partial charge in [-0.1, -0.05) is 24.3 Å². The minimum Gasteiger partial charge on any atom is -0.496 e. The summed E-state index contributed by atoms with van der Waals surface area (Å²) in [7, 11) is 3.06. The highest BCUT2D eigenvalue weighted by atomic mass is 16.5. The molecule has 6 heteroatoms. The Bertz CT molecular complexity index is 858. The summed E-state index contributed by atoms with van der Waals surface area (Å²) in [6.07, 6.45) is 0.356. The molecule has 2 heterocycles. The van der Waals surface area contributed by atoms with Gasteiger partial charge < -0.3 is 19.3 Å². The number of fused-ring (bicyclic) bond motifs is 3. The predicted octanol–water partition coefficient (Wildman–Crippen LogP) is 2.70. The summed E-state index contributed by atoms with van der Waals surface area (Å²) in [6, 6.07) is 12.8. The minimum atomic E-state index is -0.380. The van der Waals surface area contributed by atoms with E-state index in [0.29, 0.717) is 35.7 Å². The van der Waals surface area contributed by atoms with E-state index in [-0.39, 0.29) is 18.0 Å². The second kappa shape index (κ2) is 6.37. The molecular weight excluding hydrogens is 332 g/mol. The van der Waals surface area contributed by atoms with Crippen LogP contribution in [-0.4, -0.2) is 48.9 Å². The number of methoxy groups -OCH3 is 2. The molecule has 0 saturated carbocycles. The van der Waals surface area contributed by atoms with Crippen molar-refractivity contribution in [3.05, 3.63) is 59.2 Å². The smallest absolute Gasteiger partial charge is 0.263 e. The number of carbonyl (C=O) groups is 2. The van der Waals surface area contributed by atoms with Gasteiger partial charge in [-0.25, -0.2) is 0 Å². The van der Waals surface area contributed by atoms with Gasteiger partial charge in [0.2, 0.25) is 0 Å². The molecule has 4 rings (SSSR count). The van der Waals surface area contributed by atoms with Crippen LogP contribution in [-0.2, 0) is 0 Å². The molecule has 1 fully saturated rings. The number of benzene rings is 2. The van der Waals surface area contributed by atoms with Crippen LogP contribution in [0.2, 0.25) is 0 Å². The predicted molar refractivity (Wildman–Crippen MR) is 95.4 cm³/mol. The lowest BCUT2D eigenvalue weighted by atomic mass is 10.0. The van der Waals surface area contributed by atoms with Gasteiger partial charge in [-0.2, -0.15) is 0 Å². The molecule has 0 aliphatic carbocycles. The molecule has 134 valence electrons. The molecule has 0 N–H and O–H groups in total. The van der Waals surface area contributed by atoms with Crippen molar-refractivity contribution in [1.29, 1.82) is 0 Å². The van der Waals surface area contributed by atoms with Crippen molar-refractivity contribution in [2.75, 3.05) is 27.3 Å².